The van der Waals surface area contributed by atoms with Crippen molar-refractivity contribution in [1.82, 2.24) is 21.3 Å². The van der Waals surface area contributed by atoms with Gasteiger partial charge in [-0.05, 0) is 73.1 Å². The van der Waals surface area contributed by atoms with Crippen LogP contribution in [0.4, 0.5) is 4.79 Å². The standard InChI is InChI=1S/C4H8O2.2C4H10S.C4H10.C3H7NO2.2C3H7NO.C3H9N.2C3H6O2.2C3H6OS.2C3H8S/c1-3-4(5)6-2;2*1-4(2)5-3;1-3-4-2;1-4-3(5)6-2;2*1-3(5)4-2;1-3-4-2;4*1-3(4)5-2;2*1-3-4-2/h3H2,1-2H3;2*4H,1-3H3;3-4H2,1-2H3;1-2H3,(H,4,5);2*1-2H3,(H,4,5);4H,3H2,1-2H3;4*1-2H3;2*3H2,1-2H3. The van der Waals surface area contributed by atoms with Gasteiger partial charge in [-0.2, -0.15) is 47.0 Å². The maximum atomic E-state index is 9.96. The lowest BCUT2D eigenvalue weighted by Crippen LogP contribution is -2.16. The van der Waals surface area contributed by atoms with Gasteiger partial charge < -0.3 is 40.2 Å². The maximum absolute atomic E-state index is 9.96. The fourth-order valence-electron chi connectivity index (χ4n) is 0.246. The monoisotopic (exact) mass is 1100 g/mol. The number of carbonyl (C=O) groups excluding carboxylic acids is 8. The van der Waals surface area contributed by atoms with E-state index in [1.165, 1.54) is 111 Å². The molecule has 22 heteroatoms. The number of ether oxygens (including phenoxy) is 4. The first-order chi connectivity index (χ1) is 31.4. The van der Waals surface area contributed by atoms with Crippen molar-refractivity contribution < 1.29 is 57.3 Å². The number of amides is 3. The zero-order valence-corrected chi connectivity index (χ0v) is 53.6. The van der Waals surface area contributed by atoms with Crippen LogP contribution in [0.25, 0.3) is 0 Å². The maximum Gasteiger partial charge on any atom is 0.406 e. The molecule has 0 aromatic heterocycles. The number of nitrogens with one attached hydrogen (secondary N) is 4. The Morgan fingerprint density at radius 2 is 0.647 bits per heavy atom. The number of methoxy groups -OCH3 is 4. The van der Waals surface area contributed by atoms with Crippen molar-refractivity contribution >= 4 is 117 Å². The topological polar surface area (TPSA) is 222 Å². The largest absolute Gasteiger partial charge is 0.469 e. The molecule has 0 aliphatic rings. The fraction of sp³-hybridized carbons (Fsp3) is 0.826. The summed E-state index contributed by atoms with van der Waals surface area (Å²) in [6.45, 7) is 31.0. The molecule has 0 unspecified atom stereocenters. The summed E-state index contributed by atoms with van der Waals surface area (Å²) in [5.74, 6) is 1.83. The van der Waals surface area contributed by atoms with Gasteiger partial charge >= 0.3 is 24.0 Å². The quantitative estimate of drug-likeness (QED) is 0.137. The van der Waals surface area contributed by atoms with Crippen molar-refractivity contribution in [3.63, 3.8) is 0 Å². The molecular formula is C46H108N4O12S6. The lowest BCUT2D eigenvalue weighted by atomic mass is 10.4. The highest BCUT2D eigenvalue weighted by molar-refractivity contribution is 8.13. The Morgan fingerprint density at radius 3 is 0.647 bits per heavy atom. The van der Waals surface area contributed by atoms with E-state index in [0.29, 0.717) is 6.42 Å². The summed E-state index contributed by atoms with van der Waals surface area (Å²) in [5.41, 5.74) is 0. The predicted octanol–water partition coefficient (Wildman–Crippen LogP) is 10.5. The van der Waals surface area contributed by atoms with Gasteiger partial charge in [0.05, 0.1) is 28.4 Å². The number of esters is 3. The van der Waals surface area contributed by atoms with E-state index in [2.05, 4.69) is 128 Å². The van der Waals surface area contributed by atoms with Gasteiger partial charge in [-0.15, -0.1) is 0 Å². The van der Waals surface area contributed by atoms with Gasteiger partial charge in [0.1, 0.15) is 0 Å². The predicted molar refractivity (Wildman–Crippen MR) is 313 cm³/mol. The molecule has 0 aliphatic heterocycles. The minimum Gasteiger partial charge on any atom is -0.469 e. The lowest BCUT2D eigenvalue weighted by molar-refractivity contribution is -0.140. The molecule has 0 fully saturated rings. The molecule has 0 aromatic carbocycles. The zero-order chi connectivity index (χ0) is 57.9. The first-order valence-electron chi connectivity index (χ1n) is 21.5. The summed E-state index contributed by atoms with van der Waals surface area (Å²) in [7, 11) is 12.0. The molecule has 0 rings (SSSR count). The van der Waals surface area contributed by atoms with E-state index in [0.717, 1.165) is 17.0 Å². The Balaban J connectivity index is -0.0000000386. The second kappa shape index (κ2) is 116. The van der Waals surface area contributed by atoms with Crippen LogP contribution in [0.1, 0.15) is 130 Å². The molecule has 0 aliphatic carbocycles. The fourth-order valence-corrected chi connectivity index (χ4v) is 0.246. The summed E-state index contributed by atoms with van der Waals surface area (Å²) in [6.07, 6.45) is 14.7. The molecule has 16 nitrogen and oxygen atoms in total. The third kappa shape index (κ3) is 376. The molecular weight excluding hydrogens is 993 g/mol. The van der Waals surface area contributed by atoms with E-state index in [1.54, 1.807) is 47.4 Å². The molecule has 4 N–H and O–H groups in total. The van der Waals surface area contributed by atoms with Crippen LogP contribution in [0.2, 0.25) is 0 Å². The molecule has 0 heterocycles. The number of hydrogen-bond donors (Lipinski definition) is 4. The molecule has 68 heavy (non-hydrogen) atoms. The summed E-state index contributed by atoms with van der Waals surface area (Å²) in [4.78, 5) is 77.9. The minimum atomic E-state index is -0.407. The van der Waals surface area contributed by atoms with Gasteiger partial charge in [0.15, 0.2) is 10.2 Å². The highest BCUT2D eigenvalue weighted by Crippen LogP contribution is 2.00. The smallest absolute Gasteiger partial charge is 0.406 e. The summed E-state index contributed by atoms with van der Waals surface area (Å²) >= 11 is 9.95. The first kappa shape index (κ1) is 103. The van der Waals surface area contributed by atoms with Crippen LogP contribution in [-0.2, 0) is 52.5 Å². The Labute approximate surface area is 445 Å². The number of carbonyl (C=O) groups is 8. The molecule has 0 aromatic rings. The van der Waals surface area contributed by atoms with E-state index >= 15 is 0 Å². The molecule has 0 bridgehead atoms. The highest BCUT2D eigenvalue weighted by Gasteiger charge is 1.88. The molecule has 0 spiro atoms. The van der Waals surface area contributed by atoms with Crippen molar-refractivity contribution in [3.05, 3.63) is 0 Å². The molecule has 3 amide bonds. The molecule has 0 saturated carbocycles. The van der Waals surface area contributed by atoms with Crippen LogP contribution in [-0.4, -0.2) is 169 Å². The highest BCUT2D eigenvalue weighted by atomic mass is 32.2. The molecule has 0 atom stereocenters. The van der Waals surface area contributed by atoms with Crippen LogP contribution < -0.4 is 21.3 Å². The van der Waals surface area contributed by atoms with E-state index in [-0.39, 0.29) is 40.0 Å². The third-order valence-corrected chi connectivity index (χ3v) is 9.32. The summed E-state index contributed by atoms with van der Waals surface area (Å²) < 4.78 is 16.6. The van der Waals surface area contributed by atoms with Crippen LogP contribution in [0, 0.1) is 0 Å². The van der Waals surface area contributed by atoms with Crippen molar-refractivity contribution in [2.24, 2.45) is 0 Å². The van der Waals surface area contributed by atoms with E-state index in [1.807, 2.05) is 54.1 Å². The Hall–Kier alpha value is -1.98. The van der Waals surface area contributed by atoms with Crippen LogP contribution in [0.15, 0.2) is 0 Å². The van der Waals surface area contributed by atoms with Crippen molar-refractivity contribution in [2.45, 2.75) is 141 Å². The number of alkyl carbamates (subject to hydrolysis) is 1. The van der Waals surface area contributed by atoms with Crippen LogP contribution in [0.5, 0.6) is 0 Å². The van der Waals surface area contributed by atoms with Gasteiger partial charge in [-0.3, -0.25) is 33.6 Å². The van der Waals surface area contributed by atoms with Crippen molar-refractivity contribution in [2.75, 3.05) is 112 Å². The molecule has 420 valence electrons. The van der Waals surface area contributed by atoms with E-state index in [4.69, 9.17) is 0 Å². The SMILES string of the molecule is CCC(=O)OC.CCCC.CCNC.CCSC.CCSC.CNC(=O)OC.CNC(C)=O.CNC(C)=O.COC(C)=O.COC(C)=O.CSC(C)=O.CSC(C)=O.CSC(C)C.CSC(C)C. The number of hydrogen-bond acceptors (Lipinski definition) is 19. The second-order valence-electron chi connectivity index (χ2n) is 11.5. The Bertz CT molecular complexity index is 808. The normalized spacial score (nSPS) is 7.59. The summed E-state index contributed by atoms with van der Waals surface area (Å²) in [6, 6.07) is 0. The average Bonchev–Trinajstić information content (AvgIpc) is 3.34. The van der Waals surface area contributed by atoms with Crippen LogP contribution in [0.3, 0.4) is 0 Å². The van der Waals surface area contributed by atoms with Crippen LogP contribution >= 0.6 is 70.6 Å². The number of unbranched alkanes of at least 4 members (excludes halogenated alkanes) is 1. The van der Waals surface area contributed by atoms with E-state index in [9.17, 15) is 38.4 Å². The van der Waals surface area contributed by atoms with Crippen molar-refractivity contribution in [1.29, 1.82) is 0 Å². The number of rotatable bonds is 7. The Kier molecular flexibility index (Phi) is 175. The third-order valence-electron chi connectivity index (χ3n) is 5.13. The molecule has 0 saturated heterocycles. The van der Waals surface area contributed by atoms with Crippen molar-refractivity contribution in [3.8, 4) is 0 Å². The summed E-state index contributed by atoms with van der Waals surface area (Å²) in [5, 5.41) is 11.9. The number of thioether (sulfide) groups is 6. The molecule has 0 radical (unpaired) electrons. The average molecular weight is 1100 g/mol. The lowest BCUT2D eigenvalue weighted by Gasteiger charge is -1.90. The van der Waals surface area contributed by atoms with Gasteiger partial charge in [0, 0.05) is 69.1 Å². The second-order valence-corrected chi connectivity index (χ2v) is 18.6. The van der Waals surface area contributed by atoms with Gasteiger partial charge in [0.25, 0.3) is 0 Å². The zero-order valence-electron chi connectivity index (χ0n) is 48.7. The Morgan fingerprint density at radius 1 is 0.456 bits per heavy atom. The van der Waals surface area contributed by atoms with E-state index < -0.39 is 6.09 Å². The first-order valence-corrected chi connectivity index (χ1v) is 29.3. The van der Waals surface area contributed by atoms with Gasteiger partial charge in [-0.1, -0.05) is 106 Å². The van der Waals surface area contributed by atoms with Gasteiger partial charge in [-0.25, -0.2) is 4.79 Å². The van der Waals surface area contributed by atoms with Gasteiger partial charge in [0.2, 0.25) is 11.8 Å². The minimum absolute atomic E-state index is 0.00463.